The van der Waals surface area contributed by atoms with Crippen molar-refractivity contribution < 1.29 is 4.74 Å². The van der Waals surface area contributed by atoms with Gasteiger partial charge in [-0.1, -0.05) is 18.2 Å². The fourth-order valence-corrected chi connectivity index (χ4v) is 3.72. The maximum absolute atomic E-state index is 6.40. The van der Waals surface area contributed by atoms with Crippen LogP contribution >= 0.6 is 0 Å². The third-order valence-corrected chi connectivity index (χ3v) is 5.18. The Kier molecular flexibility index (Phi) is 3.72. The largest absolute Gasteiger partial charge is 0.489 e. The molecule has 1 atom stereocenters. The molecule has 0 amide bonds. The maximum Gasteiger partial charge on any atom is 0.142 e. The van der Waals surface area contributed by atoms with Gasteiger partial charge in [-0.2, -0.15) is 0 Å². The Morgan fingerprint density at radius 2 is 2.07 bits per heavy atom. The van der Waals surface area contributed by atoms with Crippen molar-refractivity contribution in [1.29, 1.82) is 0 Å². The van der Waals surface area contributed by atoms with Crippen molar-refractivity contribution in [3.05, 3.63) is 48.7 Å². The molecule has 0 bridgehead atoms. The zero-order valence-corrected chi connectivity index (χ0v) is 15.1. The van der Waals surface area contributed by atoms with E-state index in [2.05, 4.69) is 21.9 Å². The number of nitrogens with one attached hydrogen (secondary N) is 1. The molecular weight excluding hydrogens is 338 g/mol. The van der Waals surface area contributed by atoms with E-state index in [4.69, 9.17) is 15.5 Å². The molecule has 0 spiro atoms. The summed E-state index contributed by atoms with van der Waals surface area (Å²) in [5, 5.41) is 0.935. The number of pyridine rings is 1. The van der Waals surface area contributed by atoms with Crippen LogP contribution in [0, 0.1) is 0 Å². The Labute approximate surface area is 157 Å². The van der Waals surface area contributed by atoms with Crippen molar-refractivity contribution in [2.75, 3.05) is 25.9 Å². The minimum atomic E-state index is 0.246. The predicted molar refractivity (Wildman–Crippen MR) is 108 cm³/mol. The lowest BCUT2D eigenvalue weighted by molar-refractivity contribution is 0.208. The van der Waals surface area contributed by atoms with Gasteiger partial charge >= 0.3 is 0 Å². The van der Waals surface area contributed by atoms with E-state index in [1.54, 1.807) is 6.20 Å². The number of ether oxygens (including phenoxy) is 1. The van der Waals surface area contributed by atoms with Gasteiger partial charge in [0.1, 0.15) is 17.7 Å². The van der Waals surface area contributed by atoms with E-state index in [1.807, 2.05) is 42.5 Å². The van der Waals surface area contributed by atoms with Gasteiger partial charge in [-0.25, -0.2) is 4.98 Å². The second-order valence-corrected chi connectivity index (χ2v) is 7.16. The summed E-state index contributed by atoms with van der Waals surface area (Å²) in [5.41, 5.74) is 10.6. The number of likely N-dealkylation sites (N-methyl/N-ethyl adjacent to an activating group) is 1. The summed E-state index contributed by atoms with van der Waals surface area (Å²) >= 11 is 0. The number of hydrogen-bond acceptors (Lipinski definition) is 5. The first-order chi connectivity index (χ1) is 13.2. The van der Waals surface area contributed by atoms with E-state index in [9.17, 15) is 0 Å². The topological polar surface area (TPSA) is 80.1 Å². The number of rotatable bonds is 3. The Morgan fingerprint density at radius 1 is 1.19 bits per heavy atom. The average Bonchev–Trinajstić information content (AvgIpc) is 3.28. The highest BCUT2D eigenvalue weighted by molar-refractivity contribution is 5.97. The molecule has 0 radical (unpaired) electrons. The zero-order chi connectivity index (χ0) is 18.4. The predicted octanol–water partition coefficient (Wildman–Crippen LogP) is 3.44. The Balaban J connectivity index is 1.50. The van der Waals surface area contributed by atoms with Gasteiger partial charge in [0.15, 0.2) is 0 Å². The zero-order valence-electron chi connectivity index (χ0n) is 15.1. The van der Waals surface area contributed by atoms with Crippen LogP contribution in [-0.4, -0.2) is 46.1 Å². The van der Waals surface area contributed by atoms with Crippen molar-refractivity contribution in [3.63, 3.8) is 0 Å². The maximum atomic E-state index is 6.40. The number of likely N-dealkylation sites (tertiary alicyclic amines) is 1. The highest BCUT2D eigenvalue weighted by atomic mass is 16.5. The third kappa shape index (κ3) is 2.88. The van der Waals surface area contributed by atoms with Crippen LogP contribution in [-0.2, 0) is 0 Å². The number of anilines is 1. The molecule has 1 aliphatic heterocycles. The van der Waals surface area contributed by atoms with Crippen LogP contribution in [0.2, 0.25) is 0 Å². The molecule has 6 nitrogen and oxygen atoms in total. The minimum absolute atomic E-state index is 0.246. The Hall–Kier alpha value is -3.12. The summed E-state index contributed by atoms with van der Waals surface area (Å²) in [4.78, 5) is 14.9. The normalized spacial score (nSPS) is 17.7. The van der Waals surface area contributed by atoms with Crippen LogP contribution in [0.3, 0.4) is 0 Å². The molecule has 2 aromatic carbocycles. The van der Waals surface area contributed by atoms with Crippen LogP contribution < -0.4 is 10.5 Å². The lowest BCUT2D eigenvalue weighted by Crippen LogP contribution is -2.21. The van der Waals surface area contributed by atoms with Crippen molar-refractivity contribution in [2.45, 2.75) is 12.5 Å². The van der Waals surface area contributed by atoms with Crippen LogP contribution in [0.4, 0.5) is 5.69 Å². The minimum Gasteiger partial charge on any atom is -0.489 e. The number of nitrogen functional groups attached to an aromatic ring is 1. The first-order valence-electron chi connectivity index (χ1n) is 9.16. The fourth-order valence-electron chi connectivity index (χ4n) is 3.72. The summed E-state index contributed by atoms with van der Waals surface area (Å²) in [6.45, 7) is 2.04. The van der Waals surface area contributed by atoms with E-state index < -0.39 is 0 Å². The smallest absolute Gasteiger partial charge is 0.142 e. The van der Waals surface area contributed by atoms with E-state index in [0.29, 0.717) is 5.69 Å². The highest BCUT2D eigenvalue weighted by Crippen LogP contribution is 2.31. The molecule has 1 unspecified atom stereocenters. The summed E-state index contributed by atoms with van der Waals surface area (Å²) in [7, 11) is 2.12. The number of H-pyrrole nitrogens is 1. The number of nitrogens with zero attached hydrogens (tertiary/aromatic N) is 3. The third-order valence-electron chi connectivity index (χ3n) is 5.18. The Morgan fingerprint density at radius 3 is 2.93 bits per heavy atom. The summed E-state index contributed by atoms with van der Waals surface area (Å²) in [6.07, 6.45) is 3.08. The SMILES string of the molecule is CN1CCC(Oc2ccc3nc(-c4cnc5ccccc5c4N)[nH]c3c2)C1. The highest BCUT2D eigenvalue weighted by Gasteiger charge is 2.21. The van der Waals surface area contributed by atoms with Gasteiger partial charge in [0.05, 0.1) is 27.8 Å². The lowest BCUT2D eigenvalue weighted by atomic mass is 10.1. The van der Waals surface area contributed by atoms with Gasteiger partial charge in [-0.15, -0.1) is 0 Å². The molecule has 5 rings (SSSR count). The van der Waals surface area contributed by atoms with Crippen molar-refractivity contribution in [2.24, 2.45) is 0 Å². The van der Waals surface area contributed by atoms with Gasteiger partial charge in [-0.05, 0) is 31.7 Å². The van der Waals surface area contributed by atoms with Gasteiger partial charge in [0.25, 0.3) is 0 Å². The molecule has 1 fully saturated rings. The number of fused-ring (bicyclic) bond motifs is 2. The van der Waals surface area contributed by atoms with Crippen LogP contribution in [0.5, 0.6) is 5.75 Å². The summed E-state index contributed by atoms with van der Waals surface area (Å²) in [5.74, 6) is 1.58. The number of aromatic nitrogens is 3. The van der Waals surface area contributed by atoms with Crippen LogP contribution in [0.1, 0.15) is 6.42 Å². The van der Waals surface area contributed by atoms with Gasteiger partial charge < -0.3 is 20.4 Å². The van der Waals surface area contributed by atoms with Crippen molar-refractivity contribution in [3.8, 4) is 17.1 Å². The molecule has 27 heavy (non-hydrogen) atoms. The second-order valence-electron chi connectivity index (χ2n) is 7.16. The number of aromatic amines is 1. The molecule has 1 aliphatic rings. The monoisotopic (exact) mass is 359 g/mol. The fraction of sp³-hybridized carbons (Fsp3) is 0.238. The van der Waals surface area contributed by atoms with E-state index in [-0.39, 0.29) is 6.10 Å². The Bertz CT molecular complexity index is 1140. The van der Waals surface area contributed by atoms with Gasteiger partial charge in [0.2, 0.25) is 0 Å². The van der Waals surface area contributed by atoms with Crippen molar-refractivity contribution >= 4 is 27.6 Å². The van der Waals surface area contributed by atoms with Crippen LogP contribution in [0.25, 0.3) is 33.3 Å². The molecule has 2 aromatic heterocycles. The van der Waals surface area contributed by atoms with E-state index in [0.717, 1.165) is 58.6 Å². The number of benzene rings is 2. The number of para-hydroxylation sites is 1. The molecule has 3 N–H and O–H groups in total. The molecule has 1 saturated heterocycles. The molecule has 3 heterocycles. The molecule has 4 aromatic rings. The summed E-state index contributed by atoms with van der Waals surface area (Å²) in [6, 6.07) is 13.8. The van der Waals surface area contributed by atoms with Crippen molar-refractivity contribution in [1.82, 2.24) is 19.9 Å². The molecule has 6 heteroatoms. The van der Waals surface area contributed by atoms with Gasteiger partial charge in [-0.3, -0.25) is 4.98 Å². The molecule has 136 valence electrons. The molecule has 0 saturated carbocycles. The first-order valence-corrected chi connectivity index (χ1v) is 9.16. The standard InChI is InChI=1S/C21H21N5O/c1-26-9-8-14(12-26)27-13-6-7-18-19(10-13)25-21(24-18)16-11-23-17-5-3-2-4-15(17)20(16)22/h2-7,10-11,14H,8-9,12H2,1H3,(H2,22,23)(H,24,25). The second kappa shape index (κ2) is 6.25. The number of nitrogens with two attached hydrogens (primary N) is 1. The quantitative estimate of drug-likeness (QED) is 0.586. The van der Waals surface area contributed by atoms with E-state index >= 15 is 0 Å². The molecular formula is C21H21N5O. The molecule has 0 aliphatic carbocycles. The van der Waals surface area contributed by atoms with Crippen LogP contribution in [0.15, 0.2) is 48.7 Å². The van der Waals surface area contributed by atoms with E-state index in [1.165, 1.54) is 0 Å². The first kappa shape index (κ1) is 16.1. The lowest BCUT2D eigenvalue weighted by Gasteiger charge is -2.13. The van der Waals surface area contributed by atoms with Gasteiger partial charge in [0, 0.05) is 30.7 Å². The number of imidazole rings is 1. The number of hydrogen-bond donors (Lipinski definition) is 2. The summed E-state index contributed by atoms with van der Waals surface area (Å²) < 4.78 is 6.12. The average molecular weight is 359 g/mol.